The summed E-state index contributed by atoms with van der Waals surface area (Å²) in [6, 6.07) is 13.1. The molecule has 0 bridgehead atoms. The van der Waals surface area contributed by atoms with Gasteiger partial charge in [0.25, 0.3) is 5.91 Å². The molecular weight excluding hydrogens is 324 g/mol. The number of sulfonamides is 1. The number of nitrogens with zero attached hydrogens (tertiary/aromatic N) is 2. The number of fused-ring (bicyclic) bond motifs is 1. The molecule has 1 heterocycles. The normalized spacial score (nSPS) is 13.7. The molecule has 0 aliphatic carbocycles. The largest absolute Gasteiger partial charge is 0.308 e. The summed E-state index contributed by atoms with van der Waals surface area (Å²) < 4.78 is 24.8. The Morgan fingerprint density at radius 2 is 1.83 bits per heavy atom. The highest BCUT2D eigenvalue weighted by Gasteiger charge is 2.27. The second-order valence-electron chi connectivity index (χ2n) is 6.02. The SMILES string of the molecule is Cc1c(C(=O)N2CCc3ccccc32)cccc1N(C)S(C)(=O)=O. The molecule has 1 amide bonds. The van der Waals surface area contributed by atoms with Crippen molar-refractivity contribution in [3.05, 3.63) is 59.2 Å². The van der Waals surface area contributed by atoms with Gasteiger partial charge in [0, 0.05) is 24.8 Å². The van der Waals surface area contributed by atoms with Gasteiger partial charge in [-0.1, -0.05) is 24.3 Å². The quantitative estimate of drug-likeness (QED) is 0.860. The van der Waals surface area contributed by atoms with Crippen molar-refractivity contribution in [2.75, 3.05) is 29.1 Å². The molecule has 1 aliphatic rings. The highest BCUT2D eigenvalue weighted by atomic mass is 32.2. The van der Waals surface area contributed by atoms with Gasteiger partial charge in [-0.15, -0.1) is 0 Å². The summed E-state index contributed by atoms with van der Waals surface area (Å²) in [5.41, 5.74) is 3.81. The van der Waals surface area contributed by atoms with E-state index in [9.17, 15) is 13.2 Å². The van der Waals surface area contributed by atoms with Gasteiger partial charge in [-0.05, 0) is 42.7 Å². The molecular formula is C18H20N2O3S. The maximum Gasteiger partial charge on any atom is 0.258 e. The Balaban J connectivity index is 2.01. The Hall–Kier alpha value is -2.34. The fourth-order valence-corrected chi connectivity index (χ4v) is 3.62. The maximum absolute atomic E-state index is 13.0. The summed E-state index contributed by atoms with van der Waals surface area (Å²) in [4.78, 5) is 14.8. The molecule has 126 valence electrons. The van der Waals surface area contributed by atoms with E-state index in [4.69, 9.17) is 0 Å². The predicted molar refractivity (Wildman–Crippen MR) is 96.2 cm³/mol. The molecule has 24 heavy (non-hydrogen) atoms. The first kappa shape index (κ1) is 16.5. The second-order valence-corrected chi connectivity index (χ2v) is 8.03. The van der Waals surface area contributed by atoms with E-state index < -0.39 is 10.0 Å². The van der Waals surface area contributed by atoms with Gasteiger partial charge in [0.15, 0.2) is 0 Å². The highest BCUT2D eigenvalue weighted by Crippen LogP contribution is 2.31. The molecule has 0 N–H and O–H groups in total. The second kappa shape index (κ2) is 5.94. The fourth-order valence-electron chi connectivity index (χ4n) is 3.07. The van der Waals surface area contributed by atoms with Gasteiger partial charge in [-0.25, -0.2) is 8.42 Å². The molecule has 2 aromatic carbocycles. The van der Waals surface area contributed by atoms with Crippen LogP contribution in [0.3, 0.4) is 0 Å². The van der Waals surface area contributed by atoms with E-state index in [2.05, 4.69) is 0 Å². The van der Waals surface area contributed by atoms with Crippen LogP contribution < -0.4 is 9.21 Å². The minimum absolute atomic E-state index is 0.0961. The van der Waals surface area contributed by atoms with Crippen molar-refractivity contribution in [2.24, 2.45) is 0 Å². The number of hydrogen-bond donors (Lipinski definition) is 0. The third-order valence-electron chi connectivity index (χ3n) is 4.50. The van der Waals surface area contributed by atoms with E-state index in [-0.39, 0.29) is 5.91 Å². The van der Waals surface area contributed by atoms with E-state index >= 15 is 0 Å². The van der Waals surface area contributed by atoms with Gasteiger partial charge in [0.05, 0.1) is 11.9 Å². The number of carbonyl (C=O) groups is 1. The number of rotatable bonds is 3. The lowest BCUT2D eigenvalue weighted by molar-refractivity contribution is 0.0989. The zero-order valence-corrected chi connectivity index (χ0v) is 14.8. The topological polar surface area (TPSA) is 57.7 Å². The molecule has 5 nitrogen and oxygen atoms in total. The minimum atomic E-state index is -3.38. The zero-order chi connectivity index (χ0) is 17.5. The predicted octanol–water partition coefficient (Wildman–Crippen LogP) is 2.59. The van der Waals surface area contributed by atoms with Crippen molar-refractivity contribution < 1.29 is 13.2 Å². The molecule has 0 unspecified atom stereocenters. The van der Waals surface area contributed by atoms with Crippen LogP contribution in [0, 0.1) is 6.92 Å². The summed E-state index contributed by atoms with van der Waals surface area (Å²) in [7, 11) is -1.88. The van der Waals surface area contributed by atoms with Gasteiger partial charge in [-0.2, -0.15) is 0 Å². The van der Waals surface area contributed by atoms with Crippen LogP contribution in [0.25, 0.3) is 0 Å². The Morgan fingerprint density at radius 3 is 2.54 bits per heavy atom. The lowest BCUT2D eigenvalue weighted by Gasteiger charge is -2.23. The molecule has 6 heteroatoms. The molecule has 0 fully saturated rings. The lowest BCUT2D eigenvalue weighted by atomic mass is 10.1. The van der Waals surface area contributed by atoms with Gasteiger partial charge >= 0.3 is 0 Å². The first-order valence-corrected chi connectivity index (χ1v) is 9.59. The molecule has 0 radical (unpaired) electrons. The number of hydrogen-bond acceptors (Lipinski definition) is 3. The summed E-state index contributed by atoms with van der Waals surface area (Å²) in [6.45, 7) is 2.43. The van der Waals surface area contributed by atoms with E-state index in [0.29, 0.717) is 23.4 Å². The molecule has 2 aromatic rings. The Kier molecular flexibility index (Phi) is 4.09. The summed E-state index contributed by atoms with van der Waals surface area (Å²) in [6.07, 6.45) is 1.99. The van der Waals surface area contributed by atoms with Crippen LogP contribution in [-0.4, -0.2) is 34.2 Å². The van der Waals surface area contributed by atoms with E-state index in [1.54, 1.807) is 30.0 Å². The monoisotopic (exact) mass is 344 g/mol. The standard InChI is InChI=1S/C18H20N2O3S/c1-13-15(8-6-10-16(13)19(2)24(3,22)23)18(21)20-12-11-14-7-4-5-9-17(14)20/h4-10H,11-12H2,1-3H3. The fraction of sp³-hybridized carbons (Fsp3) is 0.278. The van der Waals surface area contributed by atoms with Crippen molar-refractivity contribution in [1.82, 2.24) is 0 Å². The Morgan fingerprint density at radius 1 is 1.12 bits per heavy atom. The highest BCUT2D eigenvalue weighted by molar-refractivity contribution is 7.92. The molecule has 0 aromatic heterocycles. The zero-order valence-electron chi connectivity index (χ0n) is 14.0. The molecule has 0 spiro atoms. The van der Waals surface area contributed by atoms with Crippen molar-refractivity contribution >= 4 is 27.3 Å². The van der Waals surface area contributed by atoms with Gasteiger partial charge in [0.1, 0.15) is 0 Å². The van der Waals surface area contributed by atoms with Crippen LogP contribution in [0.2, 0.25) is 0 Å². The number of carbonyl (C=O) groups excluding carboxylic acids is 1. The average Bonchev–Trinajstić information content (AvgIpc) is 2.97. The van der Waals surface area contributed by atoms with E-state index in [1.165, 1.54) is 11.4 Å². The Labute approximate surface area is 142 Å². The lowest BCUT2D eigenvalue weighted by Crippen LogP contribution is -2.31. The summed E-state index contributed by atoms with van der Waals surface area (Å²) >= 11 is 0. The molecule has 3 rings (SSSR count). The molecule has 1 aliphatic heterocycles. The number of anilines is 2. The van der Waals surface area contributed by atoms with E-state index in [0.717, 1.165) is 23.9 Å². The van der Waals surface area contributed by atoms with Crippen LogP contribution in [0.1, 0.15) is 21.5 Å². The maximum atomic E-state index is 13.0. The number of amides is 1. The molecule has 0 atom stereocenters. The van der Waals surface area contributed by atoms with Gasteiger partial charge < -0.3 is 4.90 Å². The number of benzene rings is 2. The van der Waals surface area contributed by atoms with Crippen molar-refractivity contribution in [3.8, 4) is 0 Å². The van der Waals surface area contributed by atoms with Crippen LogP contribution in [0.4, 0.5) is 11.4 Å². The van der Waals surface area contributed by atoms with Crippen LogP contribution in [0.15, 0.2) is 42.5 Å². The third kappa shape index (κ3) is 2.78. The van der Waals surface area contributed by atoms with Crippen LogP contribution in [0.5, 0.6) is 0 Å². The van der Waals surface area contributed by atoms with Crippen molar-refractivity contribution in [1.29, 1.82) is 0 Å². The van der Waals surface area contributed by atoms with Gasteiger partial charge in [-0.3, -0.25) is 9.10 Å². The van der Waals surface area contributed by atoms with Crippen LogP contribution in [-0.2, 0) is 16.4 Å². The first-order valence-electron chi connectivity index (χ1n) is 7.74. The molecule has 0 saturated heterocycles. The van der Waals surface area contributed by atoms with Crippen molar-refractivity contribution in [3.63, 3.8) is 0 Å². The smallest absolute Gasteiger partial charge is 0.258 e. The van der Waals surface area contributed by atoms with Crippen LogP contribution >= 0.6 is 0 Å². The average molecular weight is 344 g/mol. The minimum Gasteiger partial charge on any atom is -0.308 e. The summed E-state index contributed by atoms with van der Waals surface area (Å²) in [5, 5.41) is 0. The van der Waals surface area contributed by atoms with E-state index in [1.807, 2.05) is 24.3 Å². The number of para-hydroxylation sites is 1. The Bertz CT molecular complexity index is 906. The van der Waals surface area contributed by atoms with Crippen molar-refractivity contribution in [2.45, 2.75) is 13.3 Å². The molecule has 0 saturated carbocycles. The third-order valence-corrected chi connectivity index (χ3v) is 5.70. The first-order chi connectivity index (χ1) is 11.3. The summed E-state index contributed by atoms with van der Waals surface area (Å²) in [5.74, 6) is -0.0961. The van der Waals surface area contributed by atoms with Gasteiger partial charge in [0.2, 0.25) is 10.0 Å².